The van der Waals surface area contributed by atoms with Crippen molar-refractivity contribution < 1.29 is 14.6 Å². The van der Waals surface area contributed by atoms with Gasteiger partial charge in [-0.3, -0.25) is 4.79 Å². The summed E-state index contributed by atoms with van der Waals surface area (Å²) in [6, 6.07) is 13.3. The van der Waals surface area contributed by atoms with Gasteiger partial charge in [-0.1, -0.05) is 18.2 Å². The Morgan fingerprint density at radius 2 is 1.96 bits per heavy atom. The maximum absolute atomic E-state index is 12.6. The van der Waals surface area contributed by atoms with Crippen molar-refractivity contribution in [2.24, 2.45) is 0 Å². The SMILES string of the molecule is COc1ccc2c(c1)CCCN(C(=O)CCCc1ccc(O)cc1)C2. The van der Waals surface area contributed by atoms with E-state index < -0.39 is 0 Å². The highest BCUT2D eigenvalue weighted by Gasteiger charge is 2.19. The quantitative estimate of drug-likeness (QED) is 0.904. The summed E-state index contributed by atoms with van der Waals surface area (Å²) in [6.07, 6.45) is 4.23. The zero-order chi connectivity index (χ0) is 17.6. The first-order valence-electron chi connectivity index (χ1n) is 8.87. The minimum Gasteiger partial charge on any atom is -0.508 e. The Hall–Kier alpha value is -2.49. The number of phenols is 1. The number of nitrogens with zero attached hydrogens (tertiary/aromatic N) is 1. The molecule has 1 N–H and O–H groups in total. The van der Waals surface area contributed by atoms with Crippen molar-refractivity contribution in [3.8, 4) is 11.5 Å². The molecule has 0 atom stereocenters. The first-order chi connectivity index (χ1) is 12.2. The van der Waals surface area contributed by atoms with Gasteiger partial charge in [-0.15, -0.1) is 0 Å². The minimum absolute atomic E-state index is 0.224. The summed E-state index contributed by atoms with van der Waals surface area (Å²) in [6.45, 7) is 1.51. The molecule has 0 aromatic heterocycles. The van der Waals surface area contributed by atoms with Crippen LogP contribution in [0.4, 0.5) is 0 Å². The number of fused-ring (bicyclic) bond motifs is 1. The van der Waals surface area contributed by atoms with Gasteiger partial charge in [0.05, 0.1) is 7.11 Å². The molecule has 1 heterocycles. The molecule has 1 aliphatic heterocycles. The molecule has 1 amide bonds. The number of ether oxygens (including phenoxy) is 1. The predicted molar refractivity (Wildman–Crippen MR) is 97.8 cm³/mol. The Morgan fingerprint density at radius 3 is 2.72 bits per heavy atom. The summed E-state index contributed by atoms with van der Waals surface area (Å²) >= 11 is 0. The van der Waals surface area contributed by atoms with Crippen LogP contribution in [0.3, 0.4) is 0 Å². The van der Waals surface area contributed by atoms with E-state index in [1.165, 1.54) is 11.1 Å². The van der Waals surface area contributed by atoms with E-state index in [2.05, 4.69) is 12.1 Å². The molecule has 2 aromatic rings. The fraction of sp³-hybridized carbons (Fsp3) is 0.381. The fourth-order valence-corrected chi connectivity index (χ4v) is 3.34. The Labute approximate surface area is 149 Å². The van der Waals surface area contributed by atoms with Gasteiger partial charge in [-0.2, -0.15) is 0 Å². The number of amides is 1. The van der Waals surface area contributed by atoms with Crippen LogP contribution in [0, 0.1) is 0 Å². The maximum Gasteiger partial charge on any atom is 0.222 e. The van der Waals surface area contributed by atoms with Crippen LogP contribution in [0.1, 0.15) is 36.0 Å². The number of aryl methyl sites for hydroxylation is 2. The fourth-order valence-electron chi connectivity index (χ4n) is 3.34. The first kappa shape index (κ1) is 17.3. The summed E-state index contributed by atoms with van der Waals surface area (Å²) in [5, 5.41) is 9.31. The van der Waals surface area contributed by atoms with E-state index in [1.807, 2.05) is 23.1 Å². The molecule has 0 fully saturated rings. The highest BCUT2D eigenvalue weighted by atomic mass is 16.5. The number of carbonyl (C=O) groups excluding carboxylic acids is 1. The van der Waals surface area contributed by atoms with Crippen LogP contribution < -0.4 is 4.74 Å². The van der Waals surface area contributed by atoms with Crippen LogP contribution in [-0.4, -0.2) is 29.6 Å². The molecule has 0 aliphatic carbocycles. The summed E-state index contributed by atoms with van der Waals surface area (Å²) in [5.74, 6) is 1.38. The molecule has 2 aromatic carbocycles. The van der Waals surface area contributed by atoms with Gasteiger partial charge in [-0.25, -0.2) is 0 Å². The second-order valence-corrected chi connectivity index (χ2v) is 6.57. The molecule has 4 nitrogen and oxygen atoms in total. The van der Waals surface area contributed by atoms with Gasteiger partial charge in [0.1, 0.15) is 11.5 Å². The monoisotopic (exact) mass is 339 g/mol. The Kier molecular flexibility index (Phi) is 5.59. The second-order valence-electron chi connectivity index (χ2n) is 6.57. The highest BCUT2D eigenvalue weighted by molar-refractivity contribution is 5.76. The van der Waals surface area contributed by atoms with Crippen molar-refractivity contribution in [3.05, 3.63) is 59.2 Å². The molecule has 0 unspecified atom stereocenters. The van der Waals surface area contributed by atoms with E-state index in [1.54, 1.807) is 19.2 Å². The Bertz CT molecular complexity index is 724. The van der Waals surface area contributed by atoms with Gasteiger partial charge in [0.15, 0.2) is 0 Å². The minimum atomic E-state index is 0.224. The topological polar surface area (TPSA) is 49.8 Å². The summed E-state index contributed by atoms with van der Waals surface area (Å²) in [7, 11) is 1.68. The van der Waals surface area contributed by atoms with E-state index in [0.29, 0.717) is 13.0 Å². The molecule has 0 bridgehead atoms. The largest absolute Gasteiger partial charge is 0.508 e. The molecule has 0 spiro atoms. The van der Waals surface area contributed by atoms with Crippen LogP contribution in [0.5, 0.6) is 11.5 Å². The van der Waals surface area contributed by atoms with Crippen molar-refractivity contribution in [1.82, 2.24) is 4.90 Å². The standard InChI is InChI=1S/C21H25NO3/c1-25-20-12-9-18-15-22(13-3-5-17(18)14-20)21(24)6-2-4-16-7-10-19(23)11-8-16/h7-12,14,23H,2-6,13,15H2,1H3. The molecular formula is C21H25NO3. The lowest BCUT2D eigenvalue weighted by Gasteiger charge is -2.21. The third-order valence-corrected chi connectivity index (χ3v) is 4.79. The number of aromatic hydroxyl groups is 1. The maximum atomic E-state index is 12.6. The summed E-state index contributed by atoms with van der Waals surface area (Å²) in [5.41, 5.74) is 3.67. The molecule has 3 rings (SSSR count). The van der Waals surface area contributed by atoms with Crippen molar-refractivity contribution >= 4 is 5.91 Å². The predicted octanol–water partition coefficient (Wildman–Crippen LogP) is 3.70. The summed E-state index contributed by atoms with van der Waals surface area (Å²) in [4.78, 5) is 14.6. The first-order valence-corrected chi connectivity index (χ1v) is 8.87. The molecular weight excluding hydrogens is 314 g/mol. The number of hydrogen-bond donors (Lipinski definition) is 1. The van der Waals surface area contributed by atoms with Crippen molar-refractivity contribution in [3.63, 3.8) is 0 Å². The molecule has 25 heavy (non-hydrogen) atoms. The lowest BCUT2D eigenvalue weighted by atomic mass is 10.0. The molecule has 0 saturated carbocycles. The third-order valence-electron chi connectivity index (χ3n) is 4.79. The average Bonchev–Trinajstić information content (AvgIpc) is 2.85. The number of phenolic OH excluding ortho intramolecular Hbond substituents is 1. The van der Waals surface area contributed by atoms with Gasteiger partial charge in [-0.05, 0) is 66.6 Å². The van der Waals surface area contributed by atoms with E-state index in [-0.39, 0.29) is 11.7 Å². The highest BCUT2D eigenvalue weighted by Crippen LogP contribution is 2.24. The second kappa shape index (κ2) is 8.06. The van der Waals surface area contributed by atoms with E-state index in [0.717, 1.165) is 43.5 Å². The number of rotatable bonds is 5. The zero-order valence-corrected chi connectivity index (χ0v) is 14.7. The third kappa shape index (κ3) is 4.53. The zero-order valence-electron chi connectivity index (χ0n) is 14.7. The van der Waals surface area contributed by atoms with Gasteiger partial charge in [0, 0.05) is 19.5 Å². The molecule has 4 heteroatoms. The number of hydrogen-bond acceptors (Lipinski definition) is 3. The van der Waals surface area contributed by atoms with Crippen LogP contribution in [0.15, 0.2) is 42.5 Å². The Balaban J connectivity index is 1.55. The molecule has 0 radical (unpaired) electrons. The molecule has 0 saturated heterocycles. The van der Waals surface area contributed by atoms with Crippen molar-refractivity contribution in [1.29, 1.82) is 0 Å². The van der Waals surface area contributed by atoms with Crippen LogP contribution in [-0.2, 0) is 24.2 Å². The lowest BCUT2D eigenvalue weighted by molar-refractivity contribution is -0.131. The van der Waals surface area contributed by atoms with Gasteiger partial charge < -0.3 is 14.7 Å². The van der Waals surface area contributed by atoms with E-state index in [4.69, 9.17) is 4.74 Å². The molecule has 1 aliphatic rings. The van der Waals surface area contributed by atoms with E-state index >= 15 is 0 Å². The molecule has 132 valence electrons. The normalized spacial score (nSPS) is 13.9. The Morgan fingerprint density at radius 1 is 1.16 bits per heavy atom. The van der Waals surface area contributed by atoms with Crippen LogP contribution in [0.25, 0.3) is 0 Å². The summed E-state index contributed by atoms with van der Waals surface area (Å²) < 4.78 is 5.30. The lowest BCUT2D eigenvalue weighted by Crippen LogP contribution is -2.30. The average molecular weight is 339 g/mol. The van der Waals surface area contributed by atoms with Crippen LogP contribution >= 0.6 is 0 Å². The van der Waals surface area contributed by atoms with Gasteiger partial charge in [0.25, 0.3) is 0 Å². The van der Waals surface area contributed by atoms with Crippen molar-refractivity contribution in [2.45, 2.75) is 38.6 Å². The number of benzene rings is 2. The van der Waals surface area contributed by atoms with Crippen molar-refractivity contribution in [2.75, 3.05) is 13.7 Å². The number of carbonyl (C=O) groups is 1. The van der Waals surface area contributed by atoms with E-state index in [9.17, 15) is 9.90 Å². The number of methoxy groups -OCH3 is 1. The van der Waals surface area contributed by atoms with Crippen LogP contribution in [0.2, 0.25) is 0 Å². The van der Waals surface area contributed by atoms with Gasteiger partial charge >= 0.3 is 0 Å². The smallest absolute Gasteiger partial charge is 0.222 e. The van der Waals surface area contributed by atoms with Gasteiger partial charge in [0.2, 0.25) is 5.91 Å².